The fourth-order valence-corrected chi connectivity index (χ4v) is 3.11. The van der Waals surface area contributed by atoms with E-state index in [9.17, 15) is 0 Å². The molecule has 0 amide bonds. The Morgan fingerprint density at radius 2 is 1.88 bits per heavy atom. The van der Waals surface area contributed by atoms with Crippen molar-refractivity contribution in [2.24, 2.45) is 0 Å². The Bertz CT molecular complexity index is 374. The largest absolute Gasteiger partial charge is 0.364 e. The Morgan fingerprint density at radius 3 is 2.31 bits per heavy atom. The van der Waals surface area contributed by atoms with Gasteiger partial charge in [0, 0.05) is 10.4 Å². The molecule has 1 aliphatic heterocycles. The van der Waals surface area contributed by atoms with E-state index in [0.717, 1.165) is 23.2 Å². The quantitative estimate of drug-likeness (QED) is 0.730. The topological polar surface area (TPSA) is 9.23 Å². The SMILES string of the molecule is CC1(C)CCC(CBr)(c2ccc(Cl)cc2)O1. The molecule has 1 atom stereocenters. The molecule has 1 nitrogen and oxygen atoms in total. The third-order valence-corrected chi connectivity index (χ3v) is 4.35. The van der Waals surface area contributed by atoms with Gasteiger partial charge in [-0.25, -0.2) is 0 Å². The fourth-order valence-electron chi connectivity index (χ4n) is 2.26. The second kappa shape index (κ2) is 4.32. The van der Waals surface area contributed by atoms with Crippen LogP contribution in [-0.2, 0) is 10.3 Å². The summed E-state index contributed by atoms with van der Waals surface area (Å²) in [6, 6.07) is 7.97. The van der Waals surface area contributed by atoms with Crippen LogP contribution in [0.25, 0.3) is 0 Å². The molecule has 0 N–H and O–H groups in total. The smallest absolute Gasteiger partial charge is 0.104 e. The zero-order chi connectivity index (χ0) is 11.8. The monoisotopic (exact) mass is 302 g/mol. The molecule has 0 radical (unpaired) electrons. The highest BCUT2D eigenvalue weighted by atomic mass is 79.9. The van der Waals surface area contributed by atoms with E-state index in [0.29, 0.717) is 0 Å². The first-order chi connectivity index (χ1) is 7.47. The molecular weight excluding hydrogens is 287 g/mol. The van der Waals surface area contributed by atoms with Gasteiger partial charge in [0.1, 0.15) is 5.60 Å². The third-order valence-electron chi connectivity index (χ3n) is 3.19. The van der Waals surface area contributed by atoms with Gasteiger partial charge in [-0.15, -0.1) is 0 Å². The minimum absolute atomic E-state index is 0.0343. The molecule has 2 rings (SSSR count). The van der Waals surface area contributed by atoms with Gasteiger partial charge in [-0.2, -0.15) is 0 Å². The first-order valence-electron chi connectivity index (χ1n) is 5.50. The Balaban J connectivity index is 2.33. The zero-order valence-corrected chi connectivity index (χ0v) is 11.9. The van der Waals surface area contributed by atoms with Crippen molar-refractivity contribution in [3.63, 3.8) is 0 Å². The minimum Gasteiger partial charge on any atom is -0.364 e. The van der Waals surface area contributed by atoms with Gasteiger partial charge in [-0.1, -0.05) is 39.7 Å². The number of alkyl halides is 1. The molecule has 0 aliphatic carbocycles. The van der Waals surface area contributed by atoms with Crippen molar-refractivity contribution in [3.05, 3.63) is 34.9 Å². The van der Waals surface area contributed by atoms with Crippen LogP contribution in [0.1, 0.15) is 32.3 Å². The van der Waals surface area contributed by atoms with Crippen LogP contribution in [-0.4, -0.2) is 10.9 Å². The number of ether oxygens (including phenoxy) is 1. The van der Waals surface area contributed by atoms with Gasteiger partial charge in [0.25, 0.3) is 0 Å². The molecule has 0 saturated carbocycles. The molecule has 16 heavy (non-hydrogen) atoms. The van der Waals surface area contributed by atoms with Crippen LogP contribution in [0, 0.1) is 0 Å². The van der Waals surface area contributed by atoms with Gasteiger partial charge in [0.05, 0.1) is 5.60 Å². The highest BCUT2D eigenvalue weighted by Crippen LogP contribution is 2.45. The number of halogens is 2. The van der Waals surface area contributed by atoms with Gasteiger partial charge in [0.2, 0.25) is 0 Å². The van der Waals surface area contributed by atoms with E-state index in [-0.39, 0.29) is 11.2 Å². The lowest BCUT2D eigenvalue weighted by Gasteiger charge is -2.30. The lowest BCUT2D eigenvalue weighted by Crippen LogP contribution is -2.31. The van der Waals surface area contributed by atoms with E-state index in [2.05, 4.69) is 41.9 Å². The molecule has 0 aromatic heterocycles. The predicted molar refractivity (Wildman–Crippen MR) is 71.3 cm³/mol. The van der Waals surface area contributed by atoms with Gasteiger partial charge >= 0.3 is 0 Å². The van der Waals surface area contributed by atoms with Crippen LogP contribution < -0.4 is 0 Å². The molecule has 1 aromatic rings. The highest BCUT2D eigenvalue weighted by Gasteiger charge is 2.44. The molecular formula is C13H16BrClO. The molecule has 0 bridgehead atoms. The fraction of sp³-hybridized carbons (Fsp3) is 0.538. The van der Waals surface area contributed by atoms with Crippen molar-refractivity contribution in [1.29, 1.82) is 0 Å². The first-order valence-corrected chi connectivity index (χ1v) is 7.00. The van der Waals surface area contributed by atoms with Crippen molar-refractivity contribution in [2.75, 3.05) is 5.33 Å². The Labute approximate surface area is 110 Å². The number of rotatable bonds is 2. The van der Waals surface area contributed by atoms with Crippen molar-refractivity contribution >= 4 is 27.5 Å². The Hall–Kier alpha value is -0.0500. The predicted octanol–water partition coefficient (Wildman–Crippen LogP) is 4.52. The number of benzene rings is 1. The van der Waals surface area contributed by atoms with E-state index in [1.807, 2.05) is 12.1 Å². The molecule has 1 aliphatic rings. The first kappa shape index (κ1) is 12.4. The molecule has 1 fully saturated rings. The summed E-state index contributed by atoms with van der Waals surface area (Å²) in [4.78, 5) is 0. The van der Waals surface area contributed by atoms with Crippen molar-refractivity contribution in [1.82, 2.24) is 0 Å². The van der Waals surface area contributed by atoms with Gasteiger partial charge in [0.15, 0.2) is 0 Å². The normalized spacial score (nSPS) is 28.2. The van der Waals surface area contributed by atoms with E-state index in [1.165, 1.54) is 5.56 Å². The summed E-state index contributed by atoms with van der Waals surface area (Å²) >= 11 is 9.49. The molecule has 1 saturated heterocycles. The summed E-state index contributed by atoms with van der Waals surface area (Å²) in [6.07, 6.45) is 2.13. The van der Waals surface area contributed by atoms with Gasteiger partial charge < -0.3 is 4.74 Å². The van der Waals surface area contributed by atoms with Crippen LogP contribution in [0.2, 0.25) is 5.02 Å². The van der Waals surface area contributed by atoms with Gasteiger partial charge in [-0.3, -0.25) is 0 Å². The average molecular weight is 304 g/mol. The second-order valence-electron chi connectivity index (χ2n) is 5.00. The summed E-state index contributed by atoms with van der Waals surface area (Å²) in [6.45, 7) is 4.29. The standard InChI is InChI=1S/C13H16BrClO/c1-12(2)7-8-13(9-14,16-12)10-3-5-11(15)6-4-10/h3-6H,7-9H2,1-2H3. The molecule has 0 spiro atoms. The highest BCUT2D eigenvalue weighted by molar-refractivity contribution is 9.09. The second-order valence-corrected chi connectivity index (χ2v) is 5.99. The van der Waals surface area contributed by atoms with Crippen LogP contribution in [0.15, 0.2) is 24.3 Å². The summed E-state index contributed by atoms with van der Waals surface area (Å²) in [5.41, 5.74) is 0.987. The van der Waals surface area contributed by atoms with E-state index in [4.69, 9.17) is 16.3 Å². The number of hydrogen-bond acceptors (Lipinski definition) is 1. The van der Waals surface area contributed by atoms with Crippen LogP contribution in [0.3, 0.4) is 0 Å². The lowest BCUT2D eigenvalue weighted by molar-refractivity contribution is -0.0756. The molecule has 88 valence electrons. The molecule has 1 heterocycles. The van der Waals surface area contributed by atoms with E-state index >= 15 is 0 Å². The summed E-state index contributed by atoms with van der Waals surface area (Å²) < 4.78 is 6.22. The number of hydrogen-bond donors (Lipinski definition) is 0. The zero-order valence-electron chi connectivity index (χ0n) is 9.59. The maximum Gasteiger partial charge on any atom is 0.104 e. The molecule has 1 aromatic carbocycles. The Morgan fingerprint density at radius 1 is 1.25 bits per heavy atom. The van der Waals surface area contributed by atoms with Crippen molar-refractivity contribution in [3.8, 4) is 0 Å². The van der Waals surface area contributed by atoms with Crippen LogP contribution >= 0.6 is 27.5 Å². The van der Waals surface area contributed by atoms with Crippen LogP contribution in [0.4, 0.5) is 0 Å². The summed E-state index contributed by atoms with van der Waals surface area (Å²) in [7, 11) is 0. The summed E-state index contributed by atoms with van der Waals surface area (Å²) in [5.74, 6) is 0. The third kappa shape index (κ3) is 2.29. The lowest BCUT2D eigenvalue weighted by atomic mass is 9.92. The van der Waals surface area contributed by atoms with Crippen LogP contribution in [0.5, 0.6) is 0 Å². The molecule has 3 heteroatoms. The molecule has 1 unspecified atom stereocenters. The Kier molecular flexibility index (Phi) is 3.35. The maximum absolute atomic E-state index is 6.22. The van der Waals surface area contributed by atoms with E-state index in [1.54, 1.807) is 0 Å². The van der Waals surface area contributed by atoms with Crippen molar-refractivity contribution in [2.45, 2.75) is 37.9 Å². The maximum atomic E-state index is 6.22. The van der Waals surface area contributed by atoms with Crippen molar-refractivity contribution < 1.29 is 4.74 Å². The van der Waals surface area contributed by atoms with E-state index < -0.39 is 0 Å². The summed E-state index contributed by atoms with van der Waals surface area (Å²) in [5, 5.41) is 1.59. The average Bonchev–Trinajstić information content (AvgIpc) is 2.57. The minimum atomic E-state index is -0.186. The van der Waals surface area contributed by atoms with Gasteiger partial charge in [-0.05, 0) is 44.4 Å².